The summed E-state index contributed by atoms with van der Waals surface area (Å²) < 4.78 is 0. The van der Waals surface area contributed by atoms with Gasteiger partial charge in [-0.1, -0.05) is 67.5 Å². The average molecular weight is 1550 g/mol. The molecule has 0 heterocycles. The fraction of sp³-hybridized carbons (Fsp3) is 0.726. The Balaban J connectivity index is 3.44. The van der Waals surface area contributed by atoms with Gasteiger partial charge in [-0.25, -0.2) is 4.79 Å². The number of carbonyl (C=O) groups excluding carboxylic acids is 13. The minimum absolute atomic E-state index is 0.0222. The zero-order chi connectivity index (χ0) is 82.8. The monoisotopic (exact) mass is 1550 g/mol. The molecule has 0 bridgehead atoms. The summed E-state index contributed by atoms with van der Waals surface area (Å²) in [5.41, 5.74) is 34.7. The highest BCUT2D eigenvalue weighted by atomic mass is 16.4. The third kappa shape index (κ3) is 37.5. The van der Waals surface area contributed by atoms with Crippen molar-refractivity contribution in [1.29, 1.82) is 0 Å². The number of aromatic hydroxyl groups is 1. The molecule has 36 heteroatoms. The van der Waals surface area contributed by atoms with Crippen molar-refractivity contribution in [3.05, 3.63) is 29.8 Å². The van der Waals surface area contributed by atoms with Crippen LogP contribution in [-0.2, 0) is 73.5 Å². The van der Waals surface area contributed by atoms with Crippen molar-refractivity contribution in [2.24, 2.45) is 58.1 Å². The van der Waals surface area contributed by atoms with Crippen molar-refractivity contribution in [2.45, 2.75) is 283 Å². The van der Waals surface area contributed by atoms with E-state index < -0.39 is 191 Å². The van der Waals surface area contributed by atoms with E-state index in [1.165, 1.54) is 52.0 Å². The van der Waals surface area contributed by atoms with Gasteiger partial charge in [-0.15, -0.1) is 0 Å². The summed E-state index contributed by atoms with van der Waals surface area (Å²) in [4.78, 5) is 194. The van der Waals surface area contributed by atoms with E-state index >= 15 is 0 Å². The van der Waals surface area contributed by atoms with Gasteiger partial charge in [0.1, 0.15) is 84.3 Å². The van der Waals surface area contributed by atoms with Gasteiger partial charge in [0.05, 0.1) is 12.1 Å². The van der Waals surface area contributed by atoms with E-state index in [1.54, 1.807) is 41.5 Å². The zero-order valence-corrected chi connectivity index (χ0v) is 65.9. The van der Waals surface area contributed by atoms with Gasteiger partial charge in [0.2, 0.25) is 76.8 Å². The molecule has 0 aliphatic rings. The Morgan fingerprint density at radius 3 is 0.945 bits per heavy atom. The number of phenolic OH excluding ortho intramolecular Hbond substituents is 1. The minimum Gasteiger partial charge on any atom is -0.508 e. The fourth-order valence-corrected chi connectivity index (χ4v) is 11.3. The number of aliphatic hydroxyl groups is 1. The minimum atomic E-state index is -1.81. The van der Waals surface area contributed by atoms with Gasteiger partial charge in [0, 0.05) is 6.42 Å². The Hall–Kier alpha value is -8.68. The van der Waals surface area contributed by atoms with Gasteiger partial charge in [-0.05, 0) is 205 Å². The van der Waals surface area contributed by atoms with Crippen molar-refractivity contribution in [2.75, 3.05) is 32.7 Å². The molecule has 0 aliphatic heterocycles. The third-order valence-electron chi connectivity index (χ3n) is 18.0. The molecule has 0 saturated carbocycles. The number of aliphatic hydroxyl groups excluding tert-OH is 1. The van der Waals surface area contributed by atoms with Gasteiger partial charge in [0.15, 0.2) is 0 Å². The summed E-state index contributed by atoms with van der Waals surface area (Å²) in [5, 5.41) is 64.9. The van der Waals surface area contributed by atoms with Crippen LogP contribution in [0.25, 0.3) is 0 Å². The normalized spacial score (nSPS) is 15.6. The van der Waals surface area contributed by atoms with E-state index in [0.717, 1.165) is 0 Å². The smallest absolute Gasteiger partial charge is 0.326 e. The Morgan fingerprint density at radius 2 is 0.587 bits per heavy atom. The first-order valence-electron chi connectivity index (χ1n) is 38.2. The molecule has 0 saturated heterocycles. The molecule has 1 rings (SSSR count). The van der Waals surface area contributed by atoms with Crippen LogP contribution in [0.5, 0.6) is 5.75 Å². The number of rotatable bonds is 55. The molecule has 0 aliphatic carbocycles. The summed E-state index contributed by atoms with van der Waals surface area (Å²) in [6.45, 7) is 20.0. The second-order valence-corrected chi connectivity index (χ2v) is 29.4. The van der Waals surface area contributed by atoms with Crippen LogP contribution in [0, 0.1) is 23.7 Å². The number of carboxylic acid groups (broad SMARTS) is 1. The average Bonchev–Trinajstić information content (AvgIpc) is 0.848. The fourth-order valence-electron chi connectivity index (χ4n) is 11.3. The van der Waals surface area contributed by atoms with Crippen LogP contribution in [0.3, 0.4) is 0 Å². The van der Waals surface area contributed by atoms with E-state index in [4.69, 9.17) is 34.4 Å². The Bertz CT molecular complexity index is 3050. The number of phenols is 1. The number of unbranched alkanes of at least 4 members (excludes halogenated alkanes) is 5. The largest absolute Gasteiger partial charge is 0.508 e. The Kier molecular flexibility index (Phi) is 47.3. The van der Waals surface area contributed by atoms with Crippen molar-refractivity contribution in [3.63, 3.8) is 0 Å². The lowest BCUT2D eigenvalue weighted by molar-refractivity contribution is -0.142. The molecule has 0 unspecified atom stereocenters. The summed E-state index contributed by atoms with van der Waals surface area (Å²) >= 11 is 0. The first-order valence-corrected chi connectivity index (χ1v) is 38.2. The summed E-state index contributed by atoms with van der Waals surface area (Å²) in [6, 6.07) is -12.9. The topological polar surface area (TPSA) is 612 Å². The van der Waals surface area contributed by atoms with Gasteiger partial charge < -0.3 is 119 Å². The molecule has 0 aromatic heterocycles. The van der Waals surface area contributed by atoms with Gasteiger partial charge in [-0.3, -0.25) is 62.3 Å². The van der Waals surface area contributed by atoms with E-state index in [2.05, 4.69) is 69.1 Å². The number of benzene rings is 1. The van der Waals surface area contributed by atoms with Crippen molar-refractivity contribution >= 4 is 82.8 Å². The molecule has 0 fully saturated rings. The maximum atomic E-state index is 14.5. The molecular formula is C73H131N19O17. The molecular weight excluding hydrogens is 1410 g/mol. The van der Waals surface area contributed by atoms with Crippen LogP contribution in [0.1, 0.15) is 191 Å². The molecule has 13 amide bonds. The molecule has 0 spiro atoms. The number of hydrogen-bond donors (Lipinski definition) is 22. The highest BCUT2D eigenvalue weighted by Crippen LogP contribution is 2.17. The summed E-state index contributed by atoms with van der Waals surface area (Å²) in [7, 11) is 0. The van der Waals surface area contributed by atoms with Gasteiger partial charge >= 0.3 is 5.97 Å². The molecule has 36 nitrogen and oxygen atoms in total. The summed E-state index contributed by atoms with van der Waals surface area (Å²) in [6.07, 6.45) is 3.07. The lowest BCUT2D eigenvalue weighted by Crippen LogP contribution is -2.62. The summed E-state index contributed by atoms with van der Waals surface area (Å²) in [5.74, 6) is -14.2. The van der Waals surface area contributed by atoms with Crippen LogP contribution in [-0.4, -0.2) is 221 Å². The molecule has 1 aromatic rings. The molecule has 109 heavy (non-hydrogen) atoms. The van der Waals surface area contributed by atoms with Crippen LogP contribution in [0.2, 0.25) is 0 Å². The highest BCUT2D eigenvalue weighted by molar-refractivity contribution is 6.00. The molecule has 28 N–H and O–H groups in total. The number of nitrogens with one attached hydrogen (secondary N) is 13. The van der Waals surface area contributed by atoms with Crippen molar-refractivity contribution in [3.8, 4) is 5.75 Å². The van der Waals surface area contributed by atoms with Crippen molar-refractivity contribution < 1.29 is 82.4 Å². The van der Waals surface area contributed by atoms with Crippen LogP contribution >= 0.6 is 0 Å². The number of amides is 13. The van der Waals surface area contributed by atoms with Crippen molar-refractivity contribution in [1.82, 2.24) is 69.1 Å². The van der Waals surface area contributed by atoms with Crippen LogP contribution < -0.4 is 104 Å². The maximum Gasteiger partial charge on any atom is 0.326 e. The van der Waals surface area contributed by atoms with E-state index in [-0.39, 0.29) is 76.2 Å². The second-order valence-electron chi connectivity index (χ2n) is 29.4. The van der Waals surface area contributed by atoms with Gasteiger partial charge in [-0.2, -0.15) is 0 Å². The quantitative estimate of drug-likeness (QED) is 0.0285. The number of hydrogen-bond acceptors (Lipinski definition) is 22. The van der Waals surface area contributed by atoms with E-state index in [0.29, 0.717) is 82.9 Å². The maximum absolute atomic E-state index is 14.5. The van der Waals surface area contributed by atoms with Gasteiger partial charge in [0.25, 0.3) is 0 Å². The zero-order valence-electron chi connectivity index (χ0n) is 65.9. The Labute approximate surface area is 641 Å². The molecule has 1 aromatic carbocycles. The number of carbonyl (C=O) groups is 14. The number of nitrogens with two attached hydrogens (primary N) is 6. The second kappa shape index (κ2) is 52.4. The predicted molar refractivity (Wildman–Crippen MR) is 410 cm³/mol. The lowest BCUT2D eigenvalue weighted by Gasteiger charge is -2.30. The molecule has 0 radical (unpaired) electrons. The predicted octanol–water partition coefficient (Wildman–Crippen LogP) is -3.25. The van der Waals surface area contributed by atoms with Crippen LogP contribution in [0.4, 0.5) is 0 Å². The van der Waals surface area contributed by atoms with Crippen LogP contribution in [0.15, 0.2) is 24.3 Å². The standard InChI is InChI=1S/C73H131N19O17/c1-39(2)37-54(87-65(100)49(23-13-18-32-74)82-60(95)43(9)79)67(102)84-52(26-16-21-35-77)66(101)89-58(42(7)8)71(106)91-56(40(3)4)69(104)81-44(10)61(96)80-45(11)62(97)92-59(46(12)93)72(107)88-55(38-47-28-30-48(94)31-29-47)68(103)90-57(41(5)6)70(105)85-51(25-15-20-34-76)63(98)83-50(24-14-19-33-75)64(99)86-53(73(108)109)27-17-22-36-78/h28-31,39-46,49-59,93-94H,13-27,32-38,74-79H2,1-12H3,(H,80,96)(H,81,104)(H,82,95)(H,83,98)(H,84,102)(H,85,105)(H,86,99)(H,87,100)(H,88,107)(H,89,101)(H,90,103)(H,91,106)(H,92,97)(H,108,109)/t43-,44-,45-,46+,49-,50-,51-,52-,53-,54-,55-,56-,57-,58-,59-/m0/s1. The number of aliphatic carboxylic acids is 1. The highest BCUT2D eigenvalue weighted by Gasteiger charge is 2.39. The molecule has 620 valence electrons. The van der Waals surface area contributed by atoms with E-state index in [9.17, 15) is 82.4 Å². The number of carboxylic acids is 1. The Morgan fingerprint density at radius 1 is 0.321 bits per heavy atom. The first kappa shape index (κ1) is 98.3. The third-order valence-corrected chi connectivity index (χ3v) is 18.0. The molecule has 15 atom stereocenters. The SMILES string of the molecule is CC(C)C[C@H](NC(=O)[C@H](CCCCN)NC(=O)[C@H](C)N)C(=O)N[C@@H](CCCCN)C(=O)N[C@H](C(=O)N[C@H](C(=O)N[C@@H](C)C(=O)N[C@@H](C)C(=O)N[C@H](C(=O)N[C@@H](Cc1ccc(O)cc1)C(=O)N[C@H](C(=O)N[C@@H](CCCCN)C(=O)N[C@@H](CCCCN)C(=O)N[C@@H](CCCCN)C(=O)O)C(C)C)[C@@H](C)O)C(C)C)C(C)C. The van der Waals surface area contributed by atoms with E-state index in [1.807, 2.05) is 13.8 Å². The lowest BCUT2D eigenvalue weighted by atomic mass is 9.98. The first-order chi connectivity index (χ1) is 51.3.